The van der Waals surface area contributed by atoms with Crippen LogP contribution < -0.4 is 5.73 Å². The fraction of sp³-hybridized carbons (Fsp3) is 0.111. The summed E-state index contributed by atoms with van der Waals surface area (Å²) in [6.45, 7) is 0. The molecule has 0 saturated heterocycles. The van der Waals surface area contributed by atoms with Gasteiger partial charge < -0.3 is 5.73 Å². The molecule has 0 spiro atoms. The maximum absolute atomic E-state index is 11.4. The summed E-state index contributed by atoms with van der Waals surface area (Å²) in [4.78, 5) is 3.89. The number of aromatic nitrogens is 3. The first kappa shape index (κ1) is 10.6. The Bertz CT molecular complexity index is 604. The predicted molar refractivity (Wildman–Crippen MR) is 58.9 cm³/mol. The molecule has 0 bridgehead atoms. The van der Waals surface area contributed by atoms with Crippen LogP contribution >= 0.6 is 0 Å². The van der Waals surface area contributed by atoms with Crippen LogP contribution in [0.2, 0.25) is 0 Å². The highest BCUT2D eigenvalue weighted by molar-refractivity contribution is 7.90. The Kier molecular flexibility index (Phi) is 2.39. The molecule has 6 nitrogen and oxygen atoms in total. The molecule has 16 heavy (non-hydrogen) atoms. The van der Waals surface area contributed by atoms with Crippen LogP contribution in [0.25, 0.3) is 5.69 Å². The summed E-state index contributed by atoms with van der Waals surface area (Å²) in [5.74, 6) is 0.105. The Morgan fingerprint density at radius 1 is 1.31 bits per heavy atom. The first-order valence-corrected chi connectivity index (χ1v) is 6.33. The molecular formula is C9H10N4O2S. The van der Waals surface area contributed by atoms with Gasteiger partial charge in [-0.15, -0.1) is 0 Å². The van der Waals surface area contributed by atoms with Crippen molar-refractivity contribution in [1.82, 2.24) is 14.8 Å². The Labute approximate surface area is 92.6 Å². The van der Waals surface area contributed by atoms with Crippen molar-refractivity contribution in [2.75, 3.05) is 12.0 Å². The van der Waals surface area contributed by atoms with E-state index in [4.69, 9.17) is 5.73 Å². The molecule has 0 unspecified atom stereocenters. The van der Waals surface area contributed by atoms with E-state index in [-0.39, 0.29) is 10.7 Å². The van der Waals surface area contributed by atoms with Crippen molar-refractivity contribution in [3.63, 3.8) is 0 Å². The quantitative estimate of drug-likeness (QED) is 0.810. The van der Waals surface area contributed by atoms with Crippen LogP contribution in [0, 0.1) is 0 Å². The van der Waals surface area contributed by atoms with Crippen LogP contribution in [0.1, 0.15) is 0 Å². The van der Waals surface area contributed by atoms with Crippen molar-refractivity contribution in [3.8, 4) is 5.69 Å². The van der Waals surface area contributed by atoms with Crippen LogP contribution in [-0.2, 0) is 9.84 Å². The second-order valence-corrected chi connectivity index (χ2v) is 5.27. The molecule has 2 rings (SSSR count). The fourth-order valence-corrected chi connectivity index (χ4v) is 2.02. The third-order valence-corrected chi connectivity index (χ3v) is 3.19. The van der Waals surface area contributed by atoms with Crippen LogP contribution in [0.4, 0.5) is 5.82 Å². The van der Waals surface area contributed by atoms with Gasteiger partial charge in [0.2, 0.25) is 0 Å². The maximum Gasteiger partial charge on any atom is 0.180 e. The second-order valence-electron chi connectivity index (χ2n) is 3.28. The van der Waals surface area contributed by atoms with E-state index in [0.717, 1.165) is 6.26 Å². The van der Waals surface area contributed by atoms with E-state index in [0.29, 0.717) is 5.69 Å². The smallest absolute Gasteiger partial charge is 0.180 e. The summed E-state index contributed by atoms with van der Waals surface area (Å²) < 4.78 is 24.1. The fourth-order valence-electron chi connectivity index (χ4n) is 1.32. The minimum absolute atomic E-state index is 0.0318. The van der Waals surface area contributed by atoms with Gasteiger partial charge in [-0.05, 0) is 12.1 Å². The van der Waals surface area contributed by atoms with E-state index in [1.165, 1.54) is 10.9 Å². The Morgan fingerprint density at radius 2 is 1.94 bits per heavy atom. The summed E-state index contributed by atoms with van der Waals surface area (Å²) in [6.07, 6.45) is 5.50. The third-order valence-electron chi connectivity index (χ3n) is 2.08. The monoisotopic (exact) mass is 238 g/mol. The molecule has 0 fully saturated rings. The number of nitrogen functional groups attached to an aromatic ring is 1. The number of hydrogen-bond acceptors (Lipinski definition) is 5. The summed E-state index contributed by atoms with van der Waals surface area (Å²) >= 11 is 0. The largest absolute Gasteiger partial charge is 0.382 e. The van der Waals surface area contributed by atoms with Crippen molar-refractivity contribution in [3.05, 3.63) is 30.7 Å². The molecule has 0 aromatic carbocycles. The number of rotatable bonds is 2. The van der Waals surface area contributed by atoms with Crippen LogP contribution in [0.5, 0.6) is 0 Å². The van der Waals surface area contributed by atoms with E-state index in [1.807, 2.05) is 0 Å². The zero-order valence-corrected chi connectivity index (χ0v) is 9.35. The third kappa shape index (κ3) is 1.76. The minimum atomic E-state index is -3.34. The van der Waals surface area contributed by atoms with E-state index in [1.54, 1.807) is 24.5 Å². The number of nitrogens with two attached hydrogens (primary N) is 1. The molecule has 2 N–H and O–H groups in total. The summed E-state index contributed by atoms with van der Waals surface area (Å²) in [6, 6.07) is 3.38. The first-order chi connectivity index (χ1) is 7.50. The molecule has 0 aliphatic heterocycles. The van der Waals surface area contributed by atoms with Crippen LogP contribution in [0.15, 0.2) is 35.6 Å². The molecule has 0 aliphatic rings. The van der Waals surface area contributed by atoms with E-state index in [9.17, 15) is 8.42 Å². The van der Waals surface area contributed by atoms with Crippen molar-refractivity contribution in [2.45, 2.75) is 4.90 Å². The molecule has 84 valence electrons. The molecule has 2 aromatic rings. The predicted octanol–water partition coefficient (Wildman–Crippen LogP) is 0.253. The van der Waals surface area contributed by atoms with Crippen molar-refractivity contribution < 1.29 is 8.42 Å². The van der Waals surface area contributed by atoms with Gasteiger partial charge in [-0.25, -0.2) is 13.1 Å². The van der Waals surface area contributed by atoms with Crippen molar-refractivity contribution in [1.29, 1.82) is 0 Å². The average Bonchev–Trinajstić information content (AvgIpc) is 2.61. The van der Waals surface area contributed by atoms with E-state index in [2.05, 4.69) is 10.1 Å². The number of pyridine rings is 1. The van der Waals surface area contributed by atoms with Gasteiger partial charge in [-0.3, -0.25) is 4.98 Å². The summed E-state index contributed by atoms with van der Waals surface area (Å²) in [5, 5.41) is 3.94. The molecular weight excluding hydrogens is 228 g/mol. The molecule has 0 atom stereocenters. The number of nitrogens with zero attached hydrogens (tertiary/aromatic N) is 3. The minimum Gasteiger partial charge on any atom is -0.382 e. The van der Waals surface area contributed by atoms with E-state index >= 15 is 0 Å². The lowest BCUT2D eigenvalue weighted by atomic mass is 10.4. The van der Waals surface area contributed by atoms with Crippen LogP contribution in [0.3, 0.4) is 0 Å². The Hall–Kier alpha value is -1.89. The van der Waals surface area contributed by atoms with Gasteiger partial charge in [-0.1, -0.05) is 0 Å². The second kappa shape index (κ2) is 3.60. The highest BCUT2D eigenvalue weighted by Gasteiger charge is 2.17. The van der Waals surface area contributed by atoms with Crippen molar-refractivity contribution in [2.24, 2.45) is 0 Å². The Morgan fingerprint density at radius 3 is 2.44 bits per heavy atom. The standard InChI is InChI=1S/C9H10N4O2S/c1-16(14,15)8-6-12-13(9(8)10)7-2-4-11-5-3-7/h2-6H,10H2,1H3. The Balaban J connectivity index is 2.59. The molecule has 2 heterocycles. The topological polar surface area (TPSA) is 90.9 Å². The average molecular weight is 238 g/mol. The SMILES string of the molecule is CS(=O)(=O)c1cnn(-c2ccncc2)c1N. The van der Waals surface area contributed by atoms with Gasteiger partial charge >= 0.3 is 0 Å². The zero-order valence-electron chi connectivity index (χ0n) is 8.53. The summed E-state index contributed by atoms with van der Waals surface area (Å²) in [7, 11) is -3.34. The van der Waals surface area contributed by atoms with Crippen LogP contribution in [-0.4, -0.2) is 29.4 Å². The first-order valence-electron chi connectivity index (χ1n) is 4.44. The lowest BCUT2D eigenvalue weighted by Crippen LogP contribution is -2.05. The van der Waals surface area contributed by atoms with Gasteiger partial charge in [0, 0.05) is 18.6 Å². The lowest BCUT2D eigenvalue weighted by Gasteiger charge is -2.03. The number of hydrogen-bond donors (Lipinski definition) is 1. The van der Waals surface area contributed by atoms with Gasteiger partial charge in [0.05, 0.1) is 11.9 Å². The lowest BCUT2D eigenvalue weighted by molar-refractivity contribution is 0.602. The molecule has 0 radical (unpaired) electrons. The number of sulfone groups is 1. The normalized spacial score (nSPS) is 11.6. The molecule has 0 aliphatic carbocycles. The zero-order chi connectivity index (χ0) is 11.8. The molecule has 0 saturated carbocycles. The number of anilines is 1. The van der Waals surface area contributed by atoms with E-state index < -0.39 is 9.84 Å². The van der Waals surface area contributed by atoms with Crippen molar-refractivity contribution >= 4 is 15.7 Å². The molecule has 2 aromatic heterocycles. The molecule has 0 amide bonds. The van der Waals surface area contributed by atoms with Gasteiger partial charge in [-0.2, -0.15) is 5.10 Å². The summed E-state index contributed by atoms with van der Waals surface area (Å²) in [5.41, 5.74) is 6.39. The van der Waals surface area contributed by atoms with Gasteiger partial charge in [0.25, 0.3) is 0 Å². The highest BCUT2D eigenvalue weighted by atomic mass is 32.2. The van der Waals surface area contributed by atoms with Gasteiger partial charge in [0.15, 0.2) is 9.84 Å². The highest BCUT2D eigenvalue weighted by Crippen LogP contribution is 2.20. The maximum atomic E-state index is 11.4. The molecule has 7 heteroatoms. The van der Waals surface area contributed by atoms with Gasteiger partial charge in [0.1, 0.15) is 10.7 Å².